The van der Waals surface area contributed by atoms with E-state index in [1.54, 1.807) is 19.9 Å². The zero-order chi connectivity index (χ0) is 25.1. The van der Waals surface area contributed by atoms with E-state index in [1.165, 1.54) is 30.5 Å². The molecule has 0 atom stereocenters. The van der Waals surface area contributed by atoms with Gasteiger partial charge in [-0.3, -0.25) is 35.3 Å². The molecule has 0 spiro atoms. The number of nitro benzene ring substituents is 1. The first-order valence-electron chi connectivity index (χ1n) is 10.7. The maximum Gasteiger partial charge on any atom is 0.305 e. The second kappa shape index (κ2) is 9.63. The maximum absolute atomic E-state index is 12.7. The van der Waals surface area contributed by atoms with Gasteiger partial charge in [-0.25, -0.2) is 5.43 Å². The van der Waals surface area contributed by atoms with Gasteiger partial charge in [0.1, 0.15) is 17.1 Å². The van der Waals surface area contributed by atoms with Gasteiger partial charge in [-0.05, 0) is 38.8 Å². The number of aryl methyl sites for hydroxylation is 2. The number of nitro groups is 1. The minimum Gasteiger partial charge on any atom is -0.469 e. The van der Waals surface area contributed by atoms with Crippen LogP contribution in [0.2, 0.25) is 0 Å². The van der Waals surface area contributed by atoms with Crippen LogP contribution >= 0.6 is 0 Å². The Bertz CT molecular complexity index is 1370. The lowest BCUT2D eigenvalue weighted by Crippen LogP contribution is -2.42. The van der Waals surface area contributed by atoms with Crippen molar-refractivity contribution in [3.63, 3.8) is 0 Å². The Morgan fingerprint density at radius 2 is 1.74 bits per heavy atom. The molecular weight excluding hydrogens is 458 g/mol. The van der Waals surface area contributed by atoms with Crippen LogP contribution in [0.25, 0.3) is 0 Å². The van der Waals surface area contributed by atoms with Crippen molar-refractivity contribution in [3.8, 4) is 0 Å². The number of benzene rings is 1. The zero-order valence-electron chi connectivity index (χ0n) is 18.8. The highest BCUT2D eigenvalue weighted by Crippen LogP contribution is 2.30. The smallest absolute Gasteiger partial charge is 0.305 e. The van der Waals surface area contributed by atoms with Gasteiger partial charge in [0.15, 0.2) is 5.76 Å². The van der Waals surface area contributed by atoms with E-state index in [0.717, 1.165) is 0 Å². The number of hydrazone groups is 1. The lowest BCUT2D eigenvalue weighted by atomic mass is 9.93. The molecule has 0 saturated carbocycles. The zero-order valence-corrected chi connectivity index (χ0v) is 18.8. The summed E-state index contributed by atoms with van der Waals surface area (Å²) < 4.78 is 10.9. The van der Waals surface area contributed by atoms with Gasteiger partial charge < -0.3 is 8.83 Å². The molecule has 1 aliphatic carbocycles. The number of carbonyl (C=O) groups excluding carboxylic acids is 3. The van der Waals surface area contributed by atoms with Crippen molar-refractivity contribution in [2.75, 3.05) is 0 Å². The van der Waals surface area contributed by atoms with Gasteiger partial charge >= 0.3 is 5.91 Å². The number of para-hydroxylation sites is 1. The van der Waals surface area contributed by atoms with Crippen molar-refractivity contribution in [2.24, 2.45) is 5.10 Å². The molecule has 12 heteroatoms. The van der Waals surface area contributed by atoms with E-state index in [0.29, 0.717) is 53.2 Å². The summed E-state index contributed by atoms with van der Waals surface area (Å²) in [4.78, 5) is 47.9. The normalized spacial score (nSPS) is 13.7. The summed E-state index contributed by atoms with van der Waals surface area (Å²) in [6, 6.07) is 6.92. The third kappa shape index (κ3) is 4.67. The topological polar surface area (TPSA) is 169 Å². The molecule has 12 nitrogen and oxygen atoms in total. The van der Waals surface area contributed by atoms with E-state index in [2.05, 4.69) is 21.4 Å². The number of carbonyl (C=O) groups is 3. The monoisotopic (exact) mass is 479 g/mol. The Balaban J connectivity index is 1.49. The number of hydrazine groups is 1. The Hall–Kier alpha value is -4.74. The van der Waals surface area contributed by atoms with E-state index >= 15 is 0 Å². The molecule has 0 bridgehead atoms. The highest BCUT2D eigenvalue weighted by molar-refractivity contribution is 6.07. The average molecular weight is 479 g/mol. The number of furan rings is 2. The first kappa shape index (κ1) is 23.4. The molecule has 0 aliphatic heterocycles. The summed E-state index contributed by atoms with van der Waals surface area (Å²) in [5.41, 5.74) is 8.35. The van der Waals surface area contributed by atoms with Crippen LogP contribution in [0.4, 0.5) is 5.69 Å². The standard InChI is InChI=1S/C23H21N5O7/c1-12-19-16(24-25-21(29)14-10-11-34-13(14)2)7-5-9-18(19)35-20(12)23(31)27-26-22(30)15-6-3-4-8-17(15)28(32)33/h3-4,6,8,10-11H,5,7,9H2,1-2H3,(H,25,29)(H,26,30)(H,27,31)/b24-16+. The second-order valence-electron chi connectivity index (χ2n) is 7.78. The summed E-state index contributed by atoms with van der Waals surface area (Å²) in [6.45, 7) is 3.34. The van der Waals surface area contributed by atoms with Crippen LogP contribution in [-0.4, -0.2) is 28.4 Å². The highest BCUT2D eigenvalue weighted by atomic mass is 16.6. The van der Waals surface area contributed by atoms with Crippen LogP contribution < -0.4 is 16.3 Å². The Morgan fingerprint density at radius 3 is 2.46 bits per heavy atom. The maximum atomic E-state index is 12.7. The molecular formula is C23H21N5O7. The molecule has 0 unspecified atom stereocenters. The minimum absolute atomic E-state index is 0.0375. The van der Waals surface area contributed by atoms with Crippen molar-refractivity contribution in [2.45, 2.75) is 33.1 Å². The second-order valence-corrected chi connectivity index (χ2v) is 7.78. The van der Waals surface area contributed by atoms with E-state index in [-0.39, 0.29) is 11.3 Å². The van der Waals surface area contributed by atoms with E-state index in [4.69, 9.17) is 8.83 Å². The molecule has 0 fully saturated rings. The summed E-state index contributed by atoms with van der Waals surface area (Å²) >= 11 is 0. The molecule has 35 heavy (non-hydrogen) atoms. The summed E-state index contributed by atoms with van der Waals surface area (Å²) in [5, 5.41) is 15.4. The largest absolute Gasteiger partial charge is 0.469 e. The van der Waals surface area contributed by atoms with Crippen molar-refractivity contribution in [1.82, 2.24) is 16.3 Å². The van der Waals surface area contributed by atoms with Crippen LogP contribution in [0.15, 0.2) is 50.5 Å². The molecule has 3 N–H and O–H groups in total. The van der Waals surface area contributed by atoms with Gasteiger partial charge in [0.05, 0.1) is 22.5 Å². The quantitative estimate of drug-likeness (QED) is 0.373. The average Bonchev–Trinajstić information content (AvgIpc) is 3.44. The van der Waals surface area contributed by atoms with Crippen molar-refractivity contribution >= 4 is 29.1 Å². The van der Waals surface area contributed by atoms with Gasteiger partial charge in [-0.2, -0.15) is 5.10 Å². The number of nitrogens with one attached hydrogen (secondary N) is 3. The lowest BCUT2D eigenvalue weighted by molar-refractivity contribution is -0.385. The first-order valence-corrected chi connectivity index (χ1v) is 10.7. The fourth-order valence-corrected chi connectivity index (χ4v) is 3.86. The van der Waals surface area contributed by atoms with Gasteiger partial charge in [-0.1, -0.05) is 12.1 Å². The third-order valence-corrected chi connectivity index (χ3v) is 5.56. The van der Waals surface area contributed by atoms with Crippen molar-refractivity contribution in [3.05, 3.63) is 86.2 Å². The summed E-state index contributed by atoms with van der Waals surface area (Å²) in [6.07, 6.45) is 3.25. The molecule has 180 valence electrons. The van der Waals surface area contributed by atoms with Crippen LogP contribution in [0.1, 0.15) is 66.8 Å². The number of nitrogens with zero attached hydrogens (tertiary/aromatic N) is 2. The lowest BCUT2D eigenvalue weighted by Gasteiger charge is -2.13. The van der Waals surface area contributed by atoms with Crippen LogP contribution in [0.5, 0.6) is 0 Å². The molecule has 1 aromatic carbocycles. The molecule has 0 radical (unpaired) electrons. The third-order valence-electron chi connectivity index (χ3n) is 5.56. The summed E-state index contributed by atoms with van der Waals surface area (Å²) in [5.74, 6) is -1.04. The van der Waals surface area contributed by atoms with Gasteiger partial charge in [0.25, 0.3) is 17.5 Å². The number of fused-ring (bicyclic) bond motifs is 1. The molecule has 0 saturated heterocycles. The molecule has 2 aromatic heterocycles. The molecule has 1 aliphatic rings. The number of rotatable bonds is 5. The Morgan fingerprint density at radius 1 is 1.00 bits per heavy atom. The van der Waals surface area contributed by atoms with Crippen LogP contribution in [-0.2, 0) is 6.42 Å². The van der Waals surface area contributed by atoms with E-state index in [1.807, 2.05) is 0 Å². The van der Waals surface area contributed by atoms with Gasteiger partial charge in [0.2, 0.25) is 0 Å². The van der Waals surface area contributed by atoms with E-state index in [9.17, 15) is 24.5 Å². The Kier molecular flexibility index (Phi) is 6.44. The van der Waals surface area contributed by atoms with Crippen molar-refractivity contribution < 1.29 is 28.1 Å². The van der Waals surface area contributed by atoms with E-state index < -0.39 is 28.3 Å². The minimum atomic E-state index is -0.848. The predicted molar refractivity (Wildman–Crippen MR) is 122 cm³/mol. The van der Waals surface area contributed by atoms with Crippen LogP contribution in [0.3, 0.4) is 0 Å². The molecule has 3 amide bonds. The number of hydrogen-bond acceptors (Lipinski definition) is 8. The predicted octanol–water partition coefficient (Wildman–Crippen LogP) is 2.94. The van der Waals surface area contributed by atoms with Crippen LogP contribution in [0, 0.1) is 24.0 Å². The SMILES string of the molecule is Cc1occc1C(=O)N/N=C1\CCCc2oc(C(=O)NNC(=O)c3ccccc3[N+](=O)[O-])c(C)c21. The fraction of sp³-hybridized carbons (Fsp3) is 0.217. The van der Waals surface area contributed by atoms with Gasteiger partial charge in [-0.15, -0.1) is 0 Å². The fourth-order valence-electron chi connectivity index (χ4n) is 3.86. The molecule has 3 aromatic rings. The summed E-state index contributed by atoms with van der Waals surface area (Å²) in [7, 11) is 0. The first-order chi connectivity index (χ1) is 16.8. The van der Waals surface area contributed by atoms with Gasteiger partial charge in [0, 0.05) is 23.6 Å². The van der Waals surface area contributed by atoms with Crippen molar-refractivity contribution in [1.29, 1.82) is 0 Å². The highest BCUT2D eigenvalue weighted by Gasteiger charge is 2.29. The molecule has 2 heterocycles. The number of hydrogen-bond donors (Lipinski definition) is 3. The molecule has 4 rings (SSSR count). The number of amides is 3. The Labute approximate surface area is 198 Å².